The fraction of sp³-hybridized carbons (Fsp3) is 0.364. The molecular formula is C22H26FN3O4S. The number of sulfonamides is 1. The van der Waals surface area contributed by atoms with E-state index in [2.05, 4.69) is 10.0 Å². The molecule has 2 amide bonds. The first kappa shape index (κ1) is 22.9. The van der Waals surface area contributed by atoms with E-state index in [9.17, 15) is 22.4 Å². The first-order valence-electron chi connectivity index (χ1n) is 10.1. The summed E-state index contributed by atoms with van der Waals surface area (Å²) in [7, 11) is -4.21. The molecule has 0 aromatic heterocycles. The highest BCUT2D eigenvalue weighted by atomic mass is 32.2. The molecule has 1 aliphatic heterocycles. The number of carbonyl (C=O) groups excluding carboxylic acids is 2. The van der Waals surface area contributed by atoms with Gasteiger partial charge in [-0.05, 0) is 42.2 Å². The normalized spacial score (nSPS) is 15.4. The molecule has 1 aliphatic rings. The summed E-state index contributed by atoms with van der Waals surface area (Å²) in [6.45, 7) is 4.30. The van der Waals surface area contributed by atoms with Crippen LogP contribution in [-0.4, -0.2) is 32.8 Å². The molecule has 9 heteroatoms. The zero-order chi connectivity index (χ0) is 22.6. The van der Waals surface area contributed by atoms with E-state index in [-0.39, 0.29) is 18.4 Å². The van der Waals surface area contributed by atoms with Gasteiger partial charge in [0.15, 0.2) is 0 Å². The number of rotatable bonds is 8. The predicted molar refractivity (Wildman–Crippen MR) is 115 cm³/mol. The minimum absolute atomic E-state index is 0.1000. The van der Waals surface area contributed by atoms with Crippen molar-refractivity contribution < 1.29 is 22.4 Å². The Bertz CT molecular complexity index is 1050. The van der Waals surface area contributed by atoms with E-state index in [1.165, 1.54) is 12.1 Å². The van der Waals surface area contributed by atoms with Crippen LogP contribution in [0.5, 0.6) is 0 Å². The quantitative estimate of drug-likeness (QED) is 0.650. The zero-order valence-corrected chi connectivity index (χ0v) is 18.3. The SMILES string of the molecule is CC(C)C(NS(=O)(=O)c1ccccc1F)C(=O)NCc1ccc(N2CCCC2=O)cc1. The first-order chi connectivity index (χ1) is 14.7. The highest BCUT2D eigenvalue weighted by Crippen LogP contribution is 2.21. The molecule has 0 bridgehead atoms. The summed E-state index contributed by atoms with van der Waals surface area (Å²) in [6.07, 6.45) is 1.40. The molecule has 3 rings (SSSR count). The van der Waals surface area contributed by atoms with E-state index in [4.69, 9.17) is 0 Å². The van der Waals surface area contributed by atoms with Gasteiger partial charge in [0.25, 0.3) is 0 Å². The zero-order valence-electron chi connectivity index (χ0n) is 17.5. The molecule has 2 aromatic carbocycles. The van der Waals surface area contributed by atoms with Crippen LogP contribution in [0, 0.1) is 11.7 Å². The van der Waals surface area contributed by atoms with E-state index >= 15 is 0 Å². The van der Waals surface area contributed by atoms with Gasteiger partial charge in [-0.25, -0.2) is 12.8 Å². The van der Waals surface area contributed by atoms with E-state index in [0.29, 0.717) is 13.0 Å². The number of carbonyl (C=O) groups is 2. The summed E-state index contributed by atoms with van der Waals surface area (Å²) in [6, 6.07) is 11.2. The Balaban J connectivity index is 1.64. The number of benzene rings is 2. The Kier molecular flexibility index (Phi) is 7.07. The third-order valence-corrected chi connectivity index (χ3v) is 6.62. The Morgan fingerprint density at radius 2 is 1.81 bits per heavy atom. The van der Waals surface area contributed by atoms with Crippen molar-refractivity contribution >= 4 is 27.5 Å². The first-order valence-corrected chi connectivity index (χ1v) is 11.6. The van der Waals surface area contributed by atoms with E-state index < -0.39 is 32.7 Å². The second-order valence-corrected chi connectivity index (χ2v) is 9.49. The number of halogens is 1. The van der Waals surface area contributed by atoms with Gasteiger partial charge in [0, 0.05) is 25.2 Å². The molecule has 1 saturated heterocycles. The summed E-state index contributed by atoms with van der Waals surface area (Å²) >= 11 is 0. The number of hydrogen-bond acceptors (Lipinski definition) is 4. The van der Waals surface area contributed by atoms with Crippen LogP contribution in [-0.2, 0) is 26.2 Å². The van der Waals surface area contributed by atoms with Crippen LogP contribution in [0.25, 0.3) is 0 Å². The Labute approximate surface area is 181 Å². The van der Waals surface area contributed by atoms with Gasteiger partial charge in [0.2, 0.25) is 21.8 Å². The molecule has 2 aromatic rings. The molecule has 1 heterocycles. The van der Waals surface area contributed by atoms with Crippen LogP contribution < -0.4 is 14.9 Å². The third-order valence-electron chi connectivity index (χ3n) is 5.15. The minimum Gasteiger partial charge on any atom is -0.351 e. The maximum Gasteiger partial charge on any atom is 0.244 e. The van der Waals surface area contributed by atoms with Gasteiger partial charge in [-0.1, -0.05) is 38.1 Å². The van der Waals surface area contributed by atoms with E-state index in [0.717, 1.165) is 29.8 Å². The highest BCUT2D eigenvalue weighted by Gasteiger charge is 2.29. The van der Waals surface area contributed by atoms with Crippen LogP contribution in [0.4, 0.5) is 10.1 Å². The smallest absolute Gasteiger partial charge is 0.244 e. The van der Waals surface area contributed by atoms with Gasteiger partial charge in [-0.2, -0.15) is 4.72 Å². The molecular weight excluding hydrogens is 421 g/mol. The van der Waals surface area contributed by atoms with Gasteiger partial charge in [0.05, 0.1) is 0 Å². The van der Waals surface area contributed by atoms with E-state index in [1.54, 1.807) is 18.7 Å². The van der Waals surface area contributed by atoms with Crippen molar-refractivity contribution in [3.05, 3.63) is 59.9 Å². The summed E-state index contributed by atoms with van der Waals surface area (Å²) in [4.78, 5) is 25.8. The molecule has 0 spiro atoms. The number of hydrogen-bond donors (Lipinski definition) is 2. The predicted octanol–water partition coefficient (Wildman–Crippen LogP) is 2.57. The van der Waals surface area contributed by atoms with Crippen molar-refractivity contribution in [2.45, 2.75) is 44.2 Å². The molecule has 0 radical (unpaired) electrons. The van der Waals surface area contributed by atoms with Crippen LogP contribution in [0.15, 0.2) is 53.4 Å². The fourth-order valence-electron chi connectivity index (χ4n) is 3.40. The van der Waals surface area contributed by atoms with Gasteiger partial charge < -0.3 is 10.2 Å². The van der Waals surface area contributed by atoms with Gasteiger partial charge in [-0.3, -0.25) is 9.59 Å². The lowest BCUT2D eigenvalue weighted by atomic mass is 10.0. The number of nitrogens with zero attached hydrogens (tertiary/aromatic N) is 1. The summed E-state index contributed by atoms with van der Waals surface area (Å²) in [5.41, 5.74) is 1.62. The van der Waals surface area contributed by atoms with Gasteiger partial charge in [0.1, 0.15) is 16.8 Å². The third kappa shape index (κ3) is 5.48. The van der Waals surface area contributed by atoms with Gasteiger partial charge in [-0.15, -0.1) is 0 Å². The molecule has 0 aliphatic carbocycles. The maximum absolute atomic E-state index is 13.9. The van der Waals surface area contributed by atoms with Crippen LogP contribution >= 0.6 is 0 Å². The second kappa shape index (κ2) is 9.57. The summed E-state index contributed by atoms with van der Waals surface area (Å²) in [5, 5.41) is 2.73. The molecule has 1 fully saturated rings. The lowest BCUT2D eigenvalue weighted by molar-refractivity contribution is -0.123. The molecule has 7 nitrogen and oxygen atoms in total. The Morgan fingerprint density at radius 1 is 1.13 bits per heavy atom. The fourth-order valence-corrected chi connectivity index (χ4v) is 4.82. The monoisotopic (exact) mass is 447 g/mol. The standard InChI is InChI=1S/C22H26FN3O4S/c1-15(2)21(25-31(29,30)19-7-4-3-6-18(19)23)22(28)24-14-16-9-11-17(12-10-16)26-13-5-8-20(26)27/h3-4,6-7,9-12,15,21,25H,5,8,13-14H2,1-2H3,(H,24,28). The molecule has 1 unspecified atom stereocenters. The average Bonchev–Trinajstić information content (AvgIpc) is 3.16. The second-order valence-electron chi connectivity index (χ2n) is 7.81. The number of amides is 2. The number of nitrogens with one attached hydrogen (secondary N) is 2. The topological polar surface area (TPSA) is 95.6 Å². The van der Waals surface area contributed by atoms with Crippen molar-refractivity contribution in [1.82, 2.24) is 10.0 Å². The van der Waals surface area contributed by atoms with Crippen LogP contribution in [0.1, 0.15) is 32.3 Å². The molecule has 166 valence electrons. The lowest BCUT2D eigenvalue weighted by Crippen LogP contribution is -2.49. The lowest BCUT2D eigenvalue weighted by Gasteiger charge is -2.22. The Hall–Kier alpha value is -2.78. The van der Waals surface area contributed by atoms with Crippen molar-refractivity contribution in [2.75, 3.05) is 11.4 Å². The largest absolute Gasteiger partial charge is 0.351 e. The van der Waals surface area contributed by atoms with Crippen LogP contribution in [0.3, 0.4) is 0 Å². The molecule has 1 atom stereocenters. The summed E-state index contributed by atoms with van der Waals surface area (Å²) in [5.74, 6) is -1.64. The minimum atomic E-state index is -4.21. The number of anilines is 1. The van der Waals surface area contributed by atoms with Gasteiger partial charge >= 0.3 is 0 Å². The molecule has 0 saturated carbocycles. The van der Waals surface area contributed by atoms with E-state index in [1.807, 2.05) is 24.3 Å². The van der Waals surface area contributed by atoms with Crippen molar-refractivity contribution in [3.63, 3.8) is 0 Å². The maximum atomic E-state index is 13.9. The van der Waals surface area contributed by atoms with Crippen molar-refractivity contribution in [3.8, 4) is 0 Å². The van der Waals surface area contributed by atoms with Crippen molar-refractivity contribution in [1.29, 1.82) is 0 Å². The van der Waals surface area contributed by atoms with Crippen molar-refractivity contribution in [2.24, 2.45) is 5.92 Å². The molecule has 2 N–H and O–H groups in total. The average molecular weight is 448 g/mol. The van der Waals surface area contributed by atoms with Crippen LogP contribution in [0.2, 0.25) is 0 Å². The highest BCUT2D eigenvalue weighted by molar-refractivity contribution is 7.89. The Morgan fingerprint density at radius 3 is 2.39 bits per heavy atom. The summed E-state index contributed by atoms with van der Waals surface area (Å²) < 4.78 is 41.4. The molecule has 31 heavy (non-hydrogen) atoms.